The van der Waals surface area contributed by atoms with Crippen molar-refractivity contribution < 1.29 is 28.7 Å². The van der Waals surface area contributed by atoms with E-state index in [-0.39, 0.29) is 17.4 Å². The van der Waals surface area contributed by atoms with E-state index in [0.717, 1.165) is 22.2 Å². The van der Waals surface area contributed by atoms with Gasteiger partial charge < -0.3 is 20.1 Å². The number of rotatable bonds is 10. The fourth-order valence-corrected chi connectivity index (χ4v) is 5.40. The van der Waals surface area contributed by atoms with Crippen molar-refractivity contribution in [3.8, 4) is 11.5 Å². The molecule has 1 aliphatic heterocycles. The monoisotopic (exact) mass is 671 g/mol. The predicted molar refractivity (Wildman–Crippen MR) is 163 cm³/mol. The number of nitrogens with zero attached hydrogens (tertiary/aromatic N) is 1. The standard InChI is InChI=1S/C29H26IN3O6S/c1-3-38-23-14-19(13-22(30)27(23)39-17-26(35)32-21-11-7-8-18(2)12-21)15-24-28(36)33(29(37)40-24)16-25(34)31-20-9-5-4-6-10-20/h4-15H,3,16-17H2,1-2H3,(H,31,34)(H,32,35)/b24-15-. The maximum absolute atomic E-state index is 13.0. The summed E-state index contributed by atoms with van der Waals surface area (Å²) in [7, 11) is 0. The fraction of sp³-hybridized carbons (Fsp3) is 0.172. The zero-order valence-electron chi connectivity index (χ0n) is 21.7. The molecule has 1 fully saturated rings. The van der Waals surface area contributed by atoms with Crippen molar-refractivity contribution in [2.75, 3.05) is 30.4 Å². The van der Waals surface area contributed by atoms with Gasteiger partial charge in [0, 0.05) is 11.4 Å². The Kier molecular flexibility index (Phi) is 9.83. The molecule has 4 amide bonds. The summed E-state index contributed by atoms with van der Waals surface area (Å²) in [5.41, 5.74) is 2.87. The lowest BCUT2D eigenvalue weighted by molar-refractivity contribution is -0.127. The molecular weight excluding hydrogens is 645 g/mol. The Hall–Kier alpha value is -3.84. The summed E-state index contributed by atoms with van der Waals surface area (Å²) in [5.74, 6) is -0.566. The number of thioether (sulfide) groups is 1. The van der Waals surface area contributed by atoms with E-state index in [2.05, 4.69) is 33.2 Å². The largest absolute Gasteiger partial charge is 0.490 e. The van der Waals surface area contributed by atoms with Crippen LogP contribution < -0.4 is 20.1 Å². The number of nitrogens with one attached hydrogen (secondary N) is 2. The Morgan fingerprint density at radius 3 is 2.40 bits per heavy atom. The molecule has 3 aromatic carbocycles. The number of aryl methyl sites for hydroxylation is 1. The van der Waals surface area contributed by atoms with E-state index in [1.807, 2.05) is 38.1 Å². The zero-order chi connectivity index (χ0) is 28.6. The van der Waals surface area contributed by atoms with Crippen LogP contribution in [0.3, 0.4) is 0 Å². The SMILES string of the molecule is CCOc1cc(/C=C2\SC(=O)N(CC(=O)Nc3ccccc3)C2=O)cc(I)c1OCC(=O)Nc1cccc(C)c1. The molecule has 0 atom stereocenters. The van der Waals surface area contributed by atoms with Gasteiger partial charge in [-0.1, -0.05) is 30.3 Å². The van der Waals surface area contributed by atoms with Crippen molar-refractivity contribution in [1.82, 2.24) is 4.90 Å². The lowest BCUT2D eigenvalue weighted by Gasteiger charge is -2.15. The van der Waals surface area contributed by atoms with Crippen molar-refractivity contribution >= 4 is 74.8 Å². The van der Waals surface area contributed by atoms with Gasteiger partial charge in [-0.2, -0.15) is 0 Å². The number of halogens is 1. The molecule has 0 aliphatic carbocycles. The smallest absolute Gasteiger partial charge is 0.294 e. The maximum atomic E-state index is 13.0. The van der Waals surface area contributed by atoms with Gasteiger partial charge in [-0.3, -0.25) is 24.1 Å². The van der Waals surface area contributed by atoms with Crippen molar-refractivity contribution in [2.24, 2.45) is 0 Å². The van der Waals surface area contributed by atoms with Gasteiger partial charge in [-0.05, 0) is 102 Å². The molecule has 0 radical (unpaired) electrons. The zero-order valence-corrected chi connectivity index (χ0v) is 24.7. The highest BCUT2D eigenvalue weighted by atomic mass is 127. The Morgan fingerprint density at radius 2 is 1.68 bits per heavy atom. The Morgan fingerprint density at radius 1 is 0.950 bits per heavy atom. The topological polar surface area (TPSA) is 114 Å². The summed E-state index contributed by atoms with van der Waals surface area (Å²) in [6, 6.07) is 19.7. The average Bonchev–Trinajstić information content (AvgIpc) is 3.16. The Balaban J connectivity index is 1.45. The van der Waals surface area contributed by atoms with Gasteiger partial charge in [0.2, 0.25) is 5.91 Å². The van der Waals surface area contributed by atoms with Crippen molar-refractivity contribution in [3.05, 3.63) is 86.3 Å². The highest BCUT2D eigenvalue weighted by Gasteiger charge is 2.36. The van der Waals surface area contributed by atoms with E-state index >= 15 is 0 Å². The first-order valence-electron chi connectivity index (χ1n) is 12.3. The summed E-state index contributed by atoms with van der Waals surface area (Å²) in [5, 5.41) is 4.94. The second-order valence-electron chi connectivity index (χ2n) is 8.65. The van der Waals surface area contributed by atoms with Crippen LogP contribution >= 0.6 is 34.4 Å². The quantitative estimate of drug-likeness (QED) is 0.210. The summed E-state index contributed by atoms with van der Waals surface area (Å²) in [6.45, 7) is 3.48. The van der Waals surface area contributed by atoms with Crippen molar-refractivity contribution in [1.29, 1.82) is 0 Å². The van der Waals surface area contributed by atoms with E-state index in [0.29, 0.717) is 38.6 Å². The number of carbonyl (C=O) groups is 4. The number of anilines is 2. The van der Waals surface area contributed by atoms with E-state index < -0.39 is 23.6 Å². The van der Waals surface area contributed by atoms with Gasteiger partial charge in [0.15, 0.2) is 18.1 Å². The molecule has 11 heteroatoms. The number of ether oxygens (including phenoxy) is 2. The molecule has 1 heterocycles. The molecule has 2 N–H and O–H groups in total. The first-order valence-corrected chi connectivity index (χ1v) is 14.2. The first kappa shape index (κ1) is 29.2. The molecule has 40 heavy (non-hydrogen) atoms. The third kappa shape index (κ3) is 7.63. The molecule has 0 saturated carbocycles. The van der Waals surface area contributed by atoms with Crippen LogP contribution in [0.15, 0.2) is 71.6 Å². The molecular formula is C29H26IN3O6S. The van der Waals surface area contributed by atoms with Gasteiger partial charge >= 0.3 is 0 Å². The summed E-state index contributed by atoms with van der Waals surface area (Å²) in [6.07, 6.45) is 1.57. The minimum atomic E-state index is -0.556. The summed E-state index contributed by atoms with van der Waals surface area (Å²) in [4.78, 5) is 51.4. The molecule has 0 unspecified atom stereocenters. The Labute approximate surface area is 249 Å². The molecule has 206 valence electrons. The van der Waals surface area contributed by atoms with Crippen LogP contribution in [0.2, 0.25) is 0 Å². The van der Waals surface area contributed by atoms with Gasteiger partial charge in [0.1, 0.15) is 6.54 Å². The van der Waals surface area contributed by atoms with E-state index in [1.54, 1.807) is 48.5 Å². The highest BCUT2D eigenvalue weighted by Crippen LogP contribution is 2.37. The molecule has 3 aromatic rings. The first-order chi connectivity index (χ1) is 19.2. The van der Waals surface area contributed by atoms with Gasteiger partial charge in [0.05, 0.1) is 15.1 Å². The number of imide groups is 1. The van der Waals surface area contributed by atoms with Crippen LogP contribution in [0, 0.1) is 10.5 Å². The lowest BCUT2D eigenvalue weighted by atomic mass is 10.2. The van der Waals surface area contributed by atoms with E-state index in [1.165, 1.54) is 0 Å². The van der Waals surface area contributed by atoms with Crippen LogP contribution in [-0.2, 0) is 14.4 Å². The molecule has 9 nitrogen and oxygen atoms in total. The Bertz CT molecular complexity index is 1480. The molecule has 1 saturated heterocycles. The van der Waals surface area contributed by atoms with Gasteiger partial charge in [-0.15, -0.1) is 0 Å². The highest BCUT2D eigenvalue weighted by molar-refractivity contribution is 14.1. The molecule has 4 rings (SSSR count). The van der Waals surface area contributed by atoms with Crippen LogP contribution in [-0.4, -0.2) is 47.6 Å². The third-order valence-electron chi connectivity index (χ3n) is 5.51. The van der Waals surface area contributed by atoms with E-state index in [4.69, 9.17) is 9.47 Å². The van der Waals surface area contributed by atoms with Gasteiger partial charge in [0.25, 0.3) is 17.1 Å². The van der Waals surface area contributed by atoms with Crippen LogP contribution in [0.4, 0.5) is 16.2 Å². The number of carbonyl (C=O) groups excluding carboxylic acids is 4. The predicted octanol–water partition coefficient (Wildman–Crippen LogP) is 5.69. The summed E-state index contributed by atoms with van der Waals surface area (Å²) < 4.78 is 12.2. The van der Waals surface area contributed by atoms with E-state index in [9.17, 15) is 19.2 Å². The number of benzene rings is 3. The maximum Gasteiger partial charge on any atom is 0.294 e. The van der Waals surface area contributed by atoms with Gasteiger partial charge in [-0.25, -0.2) is 0 Å². The fourth-order valence-electron chi connectivity index (χ4n) is 3.79. The second-order valence-corrected chi connectivity index (χ2v) is 10.8. The molecule has 0 aromatic heterocycles. The van der Waals surface area contributed by atoms with Crippen LogP contribution in [0.5, 0.6) is 11.5 Å². The molecule has 0 spiro atoms. The minimum Gasteiger partial charge on any atom is -0.490 e. The van der Waals surface area contributed by atoms with Crippen LogP contribution in [0.1, 0.15) is 18.1 Å². The third-order valence-corrected chi connectivity index (χ3v) is 7.22. The number of hydrogen-bond donors (Lipinski definition) is 2. The van der Waals surface area contributed by atoms with Crippen molar-refractivity contribution in [3.63, 3.8) is 0 Å². The average molecular weight is 672 g/mol. The number of para-hydroxylation sites is 1. The minimum absolute atomic E-state index is 0.182. The molecule has 1 aliphatic rings. The summed E-state index contributed by atoms with van der Waals surface area (Å²) >= 11 is 2.83. The number of hydrogen-bond acceptors (Lipinski definition) is 7. The lowest BCUT2D eigenvalue weighted by Crippen LogP contribution is -2.36. The number of amides is 4. The second kappa shape index (κ2) is 13.5. The van der Waals surface area contributed by atoms with Crippen LogP contribution in [0.25, 0.3) is 6.08 Å². The van der Waals surface area contributed by atoms with Crippen molar-refractivity contribution in [2.45, 2.75) is 13.8 Å². The normalized spacial score (nSPS) is 13.9. The molecule has 0 bridgehead atoms.